The molecule has 0 bridgehead atoms. The fraction of sp³-hybridized carbons (Fsp3) is 0.423. The first-order valence-corrected chi connectivity index (χ1v) is 12.0. The first kappa shape index (κ1) is 26.4. The average Bonchev–Trinajstić information content (AvgIpc) is 3.57. The number of rotatable bonds is 10. The van der Waals surface area contributed by atoms with Crippen molar-refractivity contribution in [1.29, 1.82) is 0 Å². The summed E-state index contributed by atoms with van der Waals surface area (Å²) in [7, 11) is 1.44. The first-order valence-electron chi connectivity index (χ1n) is 12.0. The number of hydrogen-bond donors (Lipinski definition) is 4. The van der Waals surface area contributed by atoms with E-state index in [1.165, 1.54) is 30.6 Å². The molecule has 0 saturated carbocycles. The number of ketones is 1. The third-order valence-electron chi connectivity index (χ3n) is 6.61. The molecule has 11 heteroatoms. The lowest BCUT2D eigenvalue weighted by molar-refractivity contribution is -0.148. The van der Waals surface area contributed by atoms with Gasteiger partial charge in [0.15, 0.2) is 11.5 Å². The van der Waals surface area contributed by atoms with Gasteiger partial charge >= 0.3 is 0 Å². The summed E-state index contributed by atoms with van der Waals surface area (Å²) >= 11 is 0. The maximum Gasteiger partial charge on any atom is 0.290 e. The third kappa shape index (κ3) is 4.97. The Labute approximate surface area is 213 Å². The van der Waals surface area contributed by atoms with Gasteiger partial charge in [-0.05, 0) is 29.8 Å². The number of furan rings is 1. The first-order chi connectivity index (χ1) is 17.8. The Kier molecular flexibility index (Phi) is 7.96. The third-order valence-corrected chi connectivity index (χ3v) is 6.61. The van der Waals surface area contributed by atoms with Crippen molar-refractivity contribution in [3.05, 3.63) is 59.1 Å². The molecule has 2 aliphatic rings. The van der Waals surface area contributed by atoms with Crippen molar-refractivity contribution in [3.63, 3.8) is 0 Å². The van der Waals surface area contributed by atoms with Crippen LogP contribution in [0, 0.1) is 0 Å². The van der Waals surface area contributed by atoms with Crippen LogP contribution < -0.4 is 14.8 Å². The molecule has 1 aliphatic carbocycles. The quantitative estimate of drug-likeness (QED) is 0.330. The van der Waals surface area contributed by atoms with Crippen LogP contribution in [0.15, 0.2) is 46.8 Å². The van der Waals surface area contributed by atoms with Crippen molar-refractivity contribution in [2.75, 3.05) is 20.3 Å². The fourth-order valence-corrected chi connectivity index (χ4v) is 4.82. The van der Waals surface area contributed by atoms with Gasteiger partial charge in [-0.1, -0.05) is 6.92 Å². The average molecular weight is 515 g/mol. The lowest BCUT2D eigenvalue weighted by Crippen LogP contribution is -2.56. The van der Waals surface area contributed by atoms with E-state index in [9.17, 15) is 29.7 Å². The van der Waals surface area contributed by atoms with Gasteiger partial charge in [0.1, 0.15) is 12.2 Å². The maximum atomic E-state index is 13.3. The lowest BCUT2D eigenvalue weighted by Gasteiger charge is -2.40. The molecule has 37 heavy (non-hydrogen) atoms. The molecule has 1 aromatic carbocycles. The van der Waals surface area contributed by atoms with Gasteiger partial charge in [-0.25, -0.2) is 0 Å². The van der Waals surface area contributed by atoms with E-state index < -0.39 is 41.8 Å². The Balaban J connectivity index is 1.83. The van der Waals surface area contributed by atoms with E-state index in [4.69, 9.17) is 13.9 Å². The Morgan fingerprint density at radius 3 is 2.59 bits per heavy atom. The zero-order valence-electron chi connectivity index (χ0n) is 20.5. The predicted molar refractivity (Wildman–Crippen MR) is 129 cm³/mol. The highest BCUT2D eigenvalue weighted by Crippen LogP contribution is 2.51. The van der Waals surface area contributed by atoms with Gasteiger partial charge in [-0.2, -0.15) is 0 Å². The Morgan fingerprint density at radius 1 is 1.19 bits per heavy atom. The number of fused-ring (bicyclic) bond motifs is 3. The van der Waals surface area contributed by atoms with E-state index in [-0.39, 0.29) is 38.3 Å². The molecule has 0 saturated heterocycles. The van der Waals surface area contributed by atoms with Crippen molar-refractivity contribution in [2.24, 2.45) is 0 Å². The Morgan fingerprint density at radius 2 is 1.97 bits per heavy atom. The molecule has 0 spiro atoms. The fourth-order valence-electron chi connectivity index (χ4n) is 4.82. The molecule has 1 aliphatic heterocycles. The number of benzene rings is 1. The van der Waals surface area contributed by atoms with Crippen LogP contribution in [0.5, 0.6) is 11.5 Å². The number of aliphatic hydroxyl groups is 3. The van der Waals surface area contributed by atoms with Crippen LogP contribution in [0.2, 0.25) is 0 Å². The van der Waals surface area contributed by atoms with Crippen LogP contribution in [0.4, 0.5) is 0 Å². The molecule has 4 N–H and O–H groups in total. The van der Waals surface area contributed by atoms with Gasteiger partial charge in [0.25, 0.3) is 5.91 Å². The number of amides is 2. The van der Waals surface area contributed by atoms with Crippen molar-refractivity contribution >= 4 is 17.6 Å². The SMILES string of the molecule is CCC(=O)C(=O)N(Cc1ccoc1)[C@@H]1C=C(C(=O)NCCO)[C@@H]2c3cc(CO)cc(OC)c3O[C@@H]2[C@H]1O. The molecular formula is C26H30N2O9. The molecular weight excluding hydrogens is 484 g/mol. The Hall–Kier alpha value is -3.67. The smallest absolute Gasteiger partial charge is 0.290 e. The molecule has 198 valence electrons. The molecule has 1 aromatic heterocycles. The minimum Gasteiger partial charge on any atom is -0.493 e. The van der Waals surface area contributed by atoms with Crippen LogP contribution in [0.1, 0.15) is 36.0 Å². The van der Waals surface area contributed by atoms with Crippen LogP contribution in [0.25, 0.3) is 0 Å². The molecule has 0 unspecified atom stereocenters. The number of aliphatic hydroxyl groups excluding tert-OH is 3. The van der Waals surface area contributed by atoms with Gasteiger partial charge < -0.3 is 39.4 Å². The molecule has 0 radical (unpaired) electrons. The number of carbonyl (C=O) groups is 3. The molecule has 11 nitrogen and oxygen atoms in total. The van der Waals surface area contributed by atoms with Crippen LogP contribution in [-0.2, 0) is 27.5 Å². The number of Topliss-reactive ketones (excluding diaryl/α,β-unsaturated/α-hetero) is 1. The van der Waals surface area contributed by atoms with Crippen molar-refractivity contribution in [2.45, 2.75) is 50.7 Å². The molecule has 4 atom stereocenters. The number of hydrogen-bond acceptors (Lipinski definition) is 9. The maximum absolute atomic E-state index is 13.3. The van der Waals surface area contributed by atoms with Crippen LogP contribution in [0.3, 0.4) is 0 Å². The number of methoxy groups -OCH3 is 1. The summed E-state index contributed by atoms with van der Waals surface area (Å²) in [6.07, 6.45) is 1.96. The zero-order chi connectivity index (χ0) is 26.7. The number of carbonyl (C=O) groups excluding carboxylic acids is 3. The number of nitrogens with zero attached hydrogens (tertiary/aromatic N) is 1. The van der Waals surface area contributed by atoms with E-state index >= 15 is 0 Å². The van der Waals surface area contributed by atoms with Gasteiger partial charge in [0, 0.05) is 36.2 Å². The highest BCUT2D eigenvalue weighted by atomic mass is 16.5. The minimum absolute atomic E-state index is 0.0134. The van der Waals surface area contributed by atoms with Crippen molar-refractivity contribution < 1.29 is 43.6 Å². The topological polar surface area (TPSA) is 159 Å². The van der Waals surface area contributed by atoms with Crippen LogP contribution in [-0.4, -0.2) is 76.3 Å². The van der Waals surface area contributed by atoms with Gasteiger partial charge in [0.2, 0.25) is 11.7 Å². The van der Waals surface area contributed by atoms with E-state index in [0.29, 0.717) is 28.2 Å². The minimum atomic E-state index is -1.32. The van der Waals surface area contributed by atoms with E-state index in [0.717, 1.165) is 0 Å². The summed E-state index contributed by atoms with van der Waals surface area (Å²) in [5.41, 5.74) is 1.85. The van der Waals surface area contributed by atoms with Gasteiger partial charge in [-0.3, -0.25) is 14.4 Å². The molecule has 2 heterocycles. The summed E-state index contributed by atoms with van der Waals surface area (Å²) in [5, 5.41) is 33.1. The van der Waals surface area contributed by atoms with Gasteiger partial charge in [0.05, 0.1) is 44.8 Å². The largest absolute Gasteiger partial charge is 0.493 e. The highest BCUT2D eigenvalue weighted by molar-refractivity contribution is 6.36. The standard InChI is InChI=1S/C26H30N2O9/c1-3-19(31)26(34)28(11-14-4-7-36-13-14)18-10-17(25(33)27-5-6-29)21-16-8-15(12-30)9-20(35-2)23(16)37-24(21)22(18)32/h4,7-10,13,18,21-22,24,29-30,32H,3,5-6,11-12H2,1-2H3,(H,27,33)/t18-,21+,22+,24+/m1/s1. The summed E-state index contributed by atoms with van der Waals surface area (Å²) < 4.78 is 16.7. The van der Waals surface area contributed by atoms with Crippen molar-refractivity contribution in [1.82, 2.24) is 10.2 Å². The summed E-state index contributed by atoms with van der Waals surface area (Å²) in [6.45, 7) is 0.932. The lowest BCUT2D eigenvalue weighted by atomic mass is 9.77. The highest BCUT2D eigenvalue weighted by Gasteiger charge is 2.51. The van der Waals surface area contributed by atoms with Gasteiger partial charge in [-0.15, -0.1) is 0 Å². The zero-order valence-corrected chi connectivity index (χ0v) is 20.5. The second-order valence-electron chi connectivity index (χ2n) is 8.86. The number of ether oxygens (including phenoxy) is 2. The molecule has 2 aromatic rings. The molecule has 4 rings (SSSR count). The summed E-state index contributed by atoms with van der Waals surface area (Å²) in [5.74, 6) is -2.11. The van der Waals surface area contributed by atoms with Crippen molar-refractivity contribution in [3.8, 4) is 11.5 Å². The second-order valence-corrected chi connectivity index (χ2v) is 8.86. The monoisotopic (exact) mass is 514 g/mol. The van der Waals surface area contributed by atoms with E-state index in [1.54, 1.807) is 25.1 Å². The summed E-state index contributed by atoms with van der Waals surface area (Å²) in [6, 6.07) is 3.82. The number of nitrogens with one attached hydrogen (secondary N) is 1. The second kappa shape index (κ2) is 11.2. The Bertz CT molecular complexity index is 1190. The molecule has 2 amide bonds. The molecule has 0 fully saturated rings. The van der Waals surface area contributed by atoms with E-state index in [1.807, 2.05) is 0 Å². The normalized spacial score (nSPS) is 21.8. The van der Waals surface area contributed by atoms with E-state index in [2.05, 4.69) is 5.32 Å². The van der Waals surface area contributed by atoms with Crippen LogP contribution >= 0.6 is 0 Å². The predicted octanol–water partition coefficient (Wildman–Crippen LogP) is 0.411. The summed E-state index contributed by atoms with van der Waals surface area (Å²) in [4.78, 5) is 40.1.